The monoisotopic (exact) mass is 283 g/mol. The number of ketones is 1. The van der Waals surface area contributed by atoms with Crippen LogP contribution in [0.15, 0.2) is 42.5 Å². The number of rotatable bonds is 3. The first-order chi connectivity index (χ1) is 9.65. The van der Waals surface area contributed by atoms with E-state index in [1.807, 2.05) is 43.3 Å². The van der Waals surface area contributed by atoms with Crippen LogP contribution in [0.2, 0.25) is 0 Å². The lowest BCUT2D eigenvalue weighted by Gasteiger charge is -1.97. The fourth-order valence-electron chi connectivity index (χ4n) is 1.53. The highest BCUT2D eigenvalue weighted by atomic mass is 32.1. The summed E-state index contributed by atoms with van der Waals surface area (Å²) in [6.45, 7) is 1.91. The molecule has 1 aromatic carbocycles. The molecule has 1 aromatic heterocycles. The molecule has 0 saturated heterocycles. The van der Waals surface area contributed by atoms with Gasteiger partial charge in [-0.05, 0) is 31.2 Å². The van der Waals surface area contributed by atoms with Crippen molar-refractivity contribution in [1.82, 2.24) is 5.32 Å². The van der Waals surface area contributed by atoms with Crippen LogP contribution in [0.1, 0.15) is 20.1 Å². The van der Waals surface area contributed by atoms with E-state index in [4.69, 9.17) is 0 Å². The van der Waals surface area contributed by atoms with Crippen LogP contribution < -0.4 is 5.32 Å². The van der Waals surface area contributed by atoms with Crippen molar-refractivity contribution in [2.45, 2.75) is 6.92 Å². The van der Waals surface area contributed by atoms with Gasteiger partial charge in [0.05, 0.1) is 11.4 Å². The quantitative estimate of drug-likeness (QED) is 0.694. The summed E-state index contributed by atoms with van der Waals surface area (Å²) in [5, 5.41) is 2.50. The summed E-state index contributed by atoms with van der Waals surface area (Å²) >= 11 is 1.42. The zero-order chi connectivity index (χ0) is 14.4. The number of carbonyl (C=O) groups is 2. The van der Waals surface area contributed by atoms with Gasteiger partial charge in [-0.15, -0.1) is 11.3 Å². The van der Waals surface area contributed by atoms with E-state index in [-0.39, 0.29) is 12.3 Å². The van der Waals surface area contributed by atoms with Gasteiger partial charge in [0.1, 0.15) is 0 Å². The molecule has 1 heterocycles. The van der Waals surface area contributed by atoms with Gasteiger partial charge in [0.2, 0.25) is 0 Å². The largest absolute Gasteiger partial charge is 0.338 e. The Morgan fingerprint density at radius 1 is 1.15 bits per heavy atom. The van der Waals surface area contributed by atoms with Gasteiger partial charge in [0.15, 0.2) is 5.78 Å². The number of carbonyl (C=O) groups excluding carboxylic acids is 2. The Morgan fingerprint density at radius 2 is 1.90 bits per heavy atom. The Labute approximate surface area is 121 Å². The van der Waals surface area contributed by atoms with Crippen LogP contribution in [-0.4, -0.2) is 18.2 Å². The standard InChI is InChI=1S/C16H13NO2S/c1-12-7-9-15(20-12)14(18)11-17-16(19)10-8-13-5-3-2-4-6-13/h2-7,9H,11H2,1H3,(H,17,19). The lowest BCUT2D eigenvalue weighted by molar-refractivity contribution is -0.115. The van der Waals surface area contributed by atoms with Crippen LogP contribution in [0.5, 0.6) is 0 Å². The van der Waals surface area contributed by atoms with Crippen molar-refractivity contribution in [3.8, 4) is 11.8 Å². The highest BCUT2D eigenvalue weighted by Crippen LogP contribution is 2.14. The predicted octanol–water partition coefficient (Wildman–Crippen LogP) is 2.41. The maximum absolute atomic E-state index is 11.8. The van der Waals surface area contributed by atoms with Gasteiger partial charge < -0.3 is 5.32 Å². The van der Waals surface area contributed by atoms with E-state index >= 15 is 0 Å². The van der Waals surface area contributed by atoms with E-state index in [0.29, 0.717) is 4.88 Å². The molecule has 100 valence electrons. The molecule has 0 bridgehead atoms. The van der Waals surface area contributed by atoms with Gasteiger partial charge in [-0.1, -0.05) is 24.1 Å². The summed E-state index contributed by atoms with van der Waals surface area (Å²) < 4.78 is 0. The Bertz CT molecular complexity index is 677. The molecular weight excluding hydrogens is 270 g/mol. The van der Waals surface area contributed by atoms with Gasteiger partial charge in [-0.25, -0.2) is 0 Å². The van der Waals surface area contributed by atoms with E-state index in [1.165, 1.54) is 11.3 Å². The summed E-state index contributed by atoms with van der Waals surface area (Å²) in [4.78, 5) is 25.0. The molecule has 0 aliphatic heterocycles. The number of hydrogen-bond donors (Lipinski definition) is 1. The molecule has 2 rings (SSSR count). The van der Waals surface area contributed by atoms with E-state index in [9.17, 15) is 9.59 Å². The third-order valence-electron chi connectivity index (χ3n) is 2.52. The van der Waals surface area contributed by atoms with Crippen molar-refractivity contribution in [2.24, 2.45) is 0 Å². The fourth-order valence-corrected chi connectivity index (χ4v) is 2.33. The molecule has 0 fully saturated rings. The molecule has 1 N–H and O–H groups in total. The third-order valence-corrected chi connectivity index (χ3v) is 3.56. The van der Waals surface area contributed by atoms with Gasteiger partial charge in [0.25, 0.3) is 5.91 Å². The van der Waals surface area contributed by atoms with Crippen LogP contribution in [-0.2, 0) is 4.79 Å². The van der Waals surface area contributed by atoms with Gasteiger partial charge in [-0.2, -0.15) is 0 Å². The number of Topliss-reactive ketones (excluding diaryl/α,β-unsaturated/α-hetero) is 1. The number of nitrogens with one attached hydrogen (secondary N) is 1. The summed E-state index contributed by atoms with van der Waals surface area (Å²) in [6.07, 6.45) is 0. The summed E-state index contributed by atoms with van der Waals surface area (Å²) in [7, 11) is 0. The van der Waals surface area contributed by atoms with Crippen molar-refractivity contribution < 1.29 is 9.59 Å². The highest BCUT2D eigenvalue weighted by Gasteiger charge is 2.08. The number of thiophene rings is 1. The molecule has 20 heavy (non-hydrogen) atoms. The molecule has 0 spiro atoms. The Balaban J connectivity index is 1.87. The average Bonchev–Trinajstić information content (AvgIpc) is 2.90. The van der Waals surface area contributed by atoms with Gasteiger partial charge in [0, 0.05) is 16.4 Å². The molecule has 4 heteroatoms. The van der Waals surface area contributed by atoms with Crippen molar-refractivity contribution >= 4 is 23.0 Å². The first-order valence-electron chi connectivity index (χ1n) is 6.09. The maximum Gasteiger partial charge on any atom is 0.296 e. The third kappa shape index (κ3) is 4.08. The average molecular weight is 283 g/mol. The van der Waals surface area contributed by atoms with Gasteiger partial charge in [-0.3, -0.25) is 9.59 Å². The molecule has 0 unspecified atom stereocenters. The van der Waals surface area contributed by atoms with Crippen molar-refractivity contribution in [1.29, 1.82) is 0 Å². The number of hydrogen-bond acceptors (Lipinski definition) is 3. The normalized spacial score (nSPS) is 9.45. The lowest BCUT2D eigenvalue weighted by atomic mass is 10.2. The fraction of sp³-hybridized carbons (Fsp3) is 0.125. The molecule has 0 atom stereocenters. The predicted molar refractivity (Wildman–Crippen MR) is 79.7 cm³/mol. The van der Waals surface area contributed by atoms with Crippen molar-refractivity contribution in [3.05, 3.63) is 57.8 Å². The SMILES string of the molecule is Cc1ccc(C(=O)CNC(=O)C#Cc2ccccc2)s1. The summed E-state index contributed by atoms with van der Waals surface area (Å²) in [5.74, 6) is 4.66. The Morgan fingerprint density at radius 3 is 2.55 bits per heavy atom. The number of aryl methyl sites for hydroxylation is 1. The van der Waals surface area contributed by atoms with Crippen LogP contribution >= 0.6 is 11.3 Å². The Kier molecular flexibility index (Phi) is 4.70. The molecule has 1 amide bonds. The molecule has 0 radical (unpaired) electrons. The van der Waals surface area contributed by atoms with Crippen molar-refractivity contribution in [2.75, 3.05) is 6.54 Å². The van der Waals surface area contributed by atoms with E-state index < -0.39 is 5.91 Å². The van der Waals surface area contributed by atoms with E-state index in [0.717, 1.165) is 10.4 Å². The second-order valence-corrected chi connectivity index (χ2v) is 5.42. The highest BCUT2D eigenvalue weighted by molar-refractivity contribution is 7.14. The van der Waals surface area contributed by atoms with E-state index in [1.54, 1.807) is 6.07 Å². The molecule has 3 nitrogen and oxygen atoms in total. The van der Waals surface area contributed by atoms with Crippen LogP contribution in [0.4, 0.5) is 0 Å². The molecule has 0 saturated carbocycles. The topological polar surface area (TPSA) is 46.2 Å². The molecule has 2 aromatic rings. The molecule has 0 aliphatic carbocycles. The first-order valence-corrected chi connectivity index (χ1v) is 6.91. The second-order valence-electron chi connectivity index (χ2n) is 4.13. The van der Waals surface area contributed by atoms with Crippen LogP contribution in [0.3, 0.4) is 0 Å². The smallest absolute Gasteiger partial charge is 0.296 e. The zero-order valence-electron chi connectivity index (χ0n) is 11.0. The molecular formula is C16H13NO2S. The maximum atomic E-state index is 11.8. The van der Waals surface area contributed by atoms with Crippen LogP contribution in [0, 0.1) is 18.8 Å². The minimum absolute atomic E-state index is 0.0255. The number of amides is 1. The molecule has 0 aliphatic rings. The van der Waals surface area contributed by atoms with Crippen molar-refractivity contribution in [3.63, 3.8) is 0 Å². The summed E-state index contributed by atoms with van der Waals surface area (Å²) in [5.41, 5.74) is 0.767. The van der Waals surface area contributed by atoms with Crippen LogP contribution in [0.25, 0.3) is 0 Å². The number of benzene rings is 1. The van der Waals surface area contributed by atoms with Gasteiger partial charge >= 0.3 is 0 Å². The summed E-state index contributed by atoms with van der Waals surface area (Å²) in [6, 6.07) is 12.9. The van der Waals surface area contributed by atoms with E-state index in [2.05, 4.69) is 17.2 Å². The minimum atomic E-state index is -0.449. The second kappa shape index (κ2) is 6.69. The lowest BCUT2D eigenvalue weighted by Crippen LogP contribution is -2.27. The minimum Gasteiger partial charge on any atom is -0.338 e. The zero-order valence-corrected chi connectivity index (χ0v) is 11.8. The first kappa shape index (κ1) is 14.0. The Hall–Kier alpha value is -2.38.